The lowest BCUT2D eigenvalue weighted by Crippen LogP contribution is -2.38. The lowest BCUT2D eigenvalue weighted by atomic mass is 9.61. The molecule has 2 heterocycles. The van der Waals surface area contributed by atoms with E-state index in [-0.39, 0.29) is 11.8 Å². The van der Waals surface area contributed by atoms with Crippen LogP contribution in [0, 0.1) is 5.92 Å². The topological polar surface area (TPSA) is 47.9 Å². The normalized spacial score (nSPS) is 18.1. The fraction of sp³-hybridized carbons (Fsp3) is 0.0517. The molecule has 0 saturated heterocycles. The van der Waals surface area contributed by atoms with Crippen molar-refractivity contribution in [1.82, 2.24) is 15.0 Å². The minimum absolute atomic E-state index is 0.115. The second kappa shape index (κ2) is 13.5. The van der Waals surface area contributed by atoms with Crippen LogP contribution in [0.5, 0.6) is 11.5 Å². The first-order chi connectivity index (χ1) is 30.7. The number of fused-ring (bicyclic) bond motifs is 15. The molecule has 1 spiro atoms. The van der Waals surface area contributed by atoms with Crippen molar-refractivity contribution in [2.45, 2.75) is 11.3 Å². The molecule has 4 nitrogen and oxygen atoms in total. The van der Waals surface area contributed by atoms with Gasteiger partial charge in [-0.25, -0.2) is 15.0 Å². The summed E-state index contributed by atoms with van der Waals surface area (Å²) in [4.78, 5) is 15.9. The molecule has 3 atom stereocenters. The minimum Gasteiger partial charge on any atom is -0.457 e. The van der Waals surface area contributed by atoms with Crippen LogP contribution in [0.15, 0.2) is 212 Å². The Bertz CT molecular complexity index is 3480. The highest BCUT2D eigenvalue weighted by Crippen LogP contribution is 2.65. The maximum Gasteiger partial charge on any atom is 0.164 e. The van der Waals surface area contributed by atoms with Crippen LogP contribution < -0.4 is 4.74 Å². The van der Waals surface area contributed by atoms with Crippen LogP contribution in [0.2, 0.25) is 0 Å². The Balaban J connectivity index is 0.986. The molecule has 0 fully saturated rings. The Kier molecular flexibility index (Phi) is 7.61. The molecule has 4 heteroatoms. The molecule has 10 aromatic rings. The average Bonchev–Trinajstić information content (AvgIpc) is 3.64. The molecule has 290 valence electrons. The zero-order valence-electron chi connectivity index (χ0n) is 33.6. The van der Waals surface area contributed by atoms with Gasteiger partial charge in [-0.2, -0.15) is 0 Å². The summed E-state index contributed by atoms with van der Waals surface area (Å²) in [6, 6.07) is 67.0. The number of rotatable bonds is 4. The Morgan fingerprint density at radius 2 is 0.935 bits per heavy atom. The van der Waals surface area contributed by atoms with Crippen molar-refractivity contribution in [1.29, 1.82) is 0 Å². The average molecular weight is 792 g/mol. The Morgan fingerprint density at radius 3 is 1.69 bits per heavy atom. The summed E-state index contributed by atoms with van der Waals surface area (Å²) in [7, 11) is 0. The molecule has 3 aliphatic rings. The van der Waals surface area contributed by atoms with Gasteiger partial charge in [0, 0.05) is 39.7 Å². The molecule has 1 aromatic heterocycles. The summed E-state index contributed by atoms with van der Waals surface area (Å²) in [5.41, 5.74) is 9.38. The first-order valence-electron chi connectivity index (χ1n) is 21.4. The number of ether oxygens (including phenoxy) is 1. The van der Waals surface area contributed by atoms with Gasteiger partial charge in [-0.3, -0.25) is 0 Å². The predicted octanol–water partition coefficient (Wildman–Crippen LogP) is 14.3. The SMILES string of the molecule is C1=CC2c3ccccc3C3(c4ccccc4Oc4cccc(-c5nc(-c6ccccc6)nc(-c6ccc(-c7ccc8c9ccccc9c9ccccc9c8c7)cc6)n5)c43)C2C=C1. The highest BCUT2D eigenvalue weighted by atomic mass is 16.5. The Labute approximate surface area is 359 Å². The molecule has 2 aliphatic carbocycles. The van der Waals surface area contributed by atoms with E-state index in [4.69, 9.17) is 19.7 Å². The minimum atomic E-state index is -0.553. The standard InChI is InChI=1S/C58H37N3O/c1-2-15-37(16-3-1)55-59-56(38-31-29-36(30-32-38)39-33-34-44-42-19-5-4-17-40(42)41-18-6-7-20-43(41)48(44)35-39)61-57(60-55)47-23-14-28-53-54(47)58(51-26-12-13-27-52(51)62-53)49-24-10-8-21-45(49)46-22-9-11-25-50(46)58/h1-35,45,49H. The van der Waals surface area contributed by atoms with Crippen molar-refractivity contribution in [2.75, 3.05) is 0 Å². The van der Waals surface area contributed by atoms with Gasteiger partial charge in [0.25, 0.3) is 0 Å². The van der Waals surface area contributed by atoms with Crippen molar-refractivity contribution in [3.8, 4) is 56.8 Å². The van der Waals surface area contributed by atoms with Gasteiger partial charge in [-0.15, -0.1) is 0 Å². The zero-order valence-corrected chi connectivity index (χ0v) is 33.6. The molecule has 0 N–H and O–H groups in total. The highest BCUT2D eigenvalue weighted by Gasteiger charge is 2.57. The first kappa shape index (κ1) is 34.9. The molecule has 0 saturated carbocycles. The zero-order chi connectivity index (χ0) is 40.8. The Hall–Kier alpha value is -7.95. The van der Waals surface area contributed by atoms with Crippen molar-refractivity contribution in [3.05, 3.63) is 235 Å². The maximum absolute atomic E-state index is 6.86. The van der Waals surface area contributed by atoms with E-state index in [9.17, 15) is 0 Å². The molecule has 1 aliphatic heterocycles. The molecule has 0 bridgehead atoms. The van der Waals surface area contributed by atoms with Crippen LogP contribution in [0.4, 0.5) is 0 Å². The predicted molar refractivity (Wildman–Crippen MR) is 251 cm³/mol. The highest BCUT2D eigenvalue weighted by molar-refractivity contribution is 6.25. The van der Waals surface area contributed by atoms with Gasteiger partial charge >= 0.3 is 0 Å². The van der Waals surface area contributed by atoms with Crippen LogP contribution >= 0.6 is 0 Å². The van der Waals surface area contributed by atoms with E-state index in [1.165, 1.54) is 43.4 Å². The number of nitrogens with zero attached hydrogens (tertiary/aromatic N) is 3. The van der Waals surface area contributed by atoms with Gasteiger partial charge in [0.2, 0.25) is 0 Å². The summed E-state index contributed by atoms with van der Waals surface area (Å²) in [6.45, 7) is 0. The van der Waals surface area contributed by atoms with Gasteiger partial charge in [0.05, 0.1) is 5.41 Å². The van der Waals surface area contributed by atoms with Crippen LogP contribution in [-0.2, 0) is 5.41 Å². The van der Waals surface area contributed by atoms with Crippen LogP contribution in [0.25, 0.3) is 77.6 Å². The lowest BCUT2D eigenvalue weighted by Gasteiger charge is -2.43. The second-order valence-electron chi connectivity index (χ2n) is 16.6. The quantitative estimate of drug-likeness (QED) is 0.167. The van der Waals surface area contributed by atoms with E-state index < -0.39 is 5.41 Å². The molecule has 62 heavy (non-hydrogen) atoms. The fourth-order valence-corrected chi connectivity index (χ4v) is 10.9. The smallest absolute Gasteiger partial charge is 0.164 e. The van der Waals surface area contributed by atoms with Gasteiger partial charge in [-0.05, 0) is 72.8 Å². The summed E-state index contributed by atoms with van der Waals surface area (Å²) < 4.78 is 6.86. The second-order valence-corrected chi connectivity index (χ2v) is 16.6. The van der Waals surface area contributed by atoms with Gasteiger partial charge < -0.3 is 4.74 Å². The van der Waals surface area contributed by atoms with Gasteiger partial charge in [-0.1, -0.05) is 194 Å². The number of hydrogen-bond donors (Lipinski definition) is 0. The summed E-state index contributed by atoms with van der Waals surface area (Å²) >= 11 is 0. The van der Waals surface area contributed by atoms with E-state index in [1.54, 1.807) is 0 Å². The van der Waals surface area contributed by atoms with Crippen LogP contribution in [0.1, 0.15) is 28.2 Å². The number of benzene rings is 9. The molecule has 0 amide bonds. The number of para-hydroxylation sites is 1. The maximum atomic E-state index is 6.86. The van der Waals surface area contributed by atoms with Crippen LogP contribution in [-0.4, -0.2) is 15.0 Å². The van der Waals surface area contributed by atoms with Crippen molar-refractivity contribution in [2.24, 2.45) is 5.92 Å². The van der Waals surface area contributed by atoms with E-state index >= 15 is 0 Å². The van der Waals surface area contributed by atoms with Crippen molar-refractivity contribution >= 4 is 32.3 Å². The third-order valence-electron chi connectivity index (χ3n) is 13.5. The van der Waals surface area contributed by atoms with E-state index in [2.05, 4.69) is 194 Å². The number of aromatic nitrogens is 3. The molecule has 0 radical (unpaired) electrons. The third-order valence-corrected chi connectivity index (χ3v) is 13.5. The Morgan fingerprint density at radius 1 is 0.387 bits per heavy atom. The molecule has 13 rings (SSSR count). The molecule has 3 unspecified atom stereocenters. The van der Waals surface area contributed by atoms with Gasteiger partial charge in [0.15, 0.2) is 17.5 Å². The number of hydrogen-bond acceptors (Lipinski definition) is 4. The van der Waals surface area contributed by atoms with Crippen molar-refractivity contribution in [3.63, 3.8) is 0 Å². The van der Waals surface area contributed by atoms with Crippen LogP contribution in [0.3, 0.4) is 0 Å². The van der Waals surface area contributed by atoms with E-state index in [1.807, 2.05) is 18.2 Å². The van der Waals surface area contributed by atoms with Gasteiger partial charge in [0.1, 0.15) is 11.5 Å². The molecule has 9 aromatic carbocycles. The molecular weight excluding hydrogens is 755 g/mol. The summed E-state index contributed by atoms with van der Waals surface area (Å²) in [5, 5.41) is 7.60. The van der Waals surface area contributed by atoms with E-state index in [0.29, 0.717) is 17.5 Å². The van der Waals surface area contributed by atoms with E-state index in [0.717, 1.165) is 50.4 Å². The summed E-state index contributed by atoms with van der Waals surface area (Å²) in [6.07, 6.45) is 9.14. The monoisotopic (exact) mass is 791 g/mol. The lowest BCUT2D eigenvalue weighted by molar-refractivity contribution is 0.375. The summed E-state index contributed by atoms with van der Waals surface area (Å²) in [5.74, 6) is 3.87. The van der Waals surface area contributed by atoms with Crippen molar-refractivity contribution < 1.29 is 4.74 Å². The molecular formula is C58H37N3O. The largest absolute Gasteiger partial charge is 0.457 e. The first-order valence-corrected chi connectivity index (χ1v) is 21.4. The fourth-order valence-electron chi connectivity index (χ4n) is 10.9. The third kappa shape index (κ3) is 5.04. The number of allylic oxidation sites excluding steroid dienone is 4.